The van der Waals surface area contributed by atoms with Crippen molar-refractivity contribution in [2.75, 3.05) is 7.11 Å². The first-order chi connectivity index (χ1) is 8.69. The van der Waals surface area contributed by atoms with Crippen molar-refractivity contribution in [2.24, 2.45) is 0 Å². The molecule has 2 rings (SSSR count). The van der Waals surface area contributed by atoms with E-state index in [9.17, 15) is 0 Å². The van der Waals surface area contributed by atoms with Gasteiger partial charge in [-0.1, -0.05) is 12.5 Å². The summed E-state index contributed by atoms with van der Waals surface area (Å²) in [6, 6.07) is 6.23. The molecular weight excluding hydrogens is 242 g/mol. The lowest BCUT2D eigenvalue weighted by atomic mass is 9.95. The number of thioether (sulfide) groups is 1. The Bertz CT molecular complexity index is 458. The van der Waals surface area contributed by atoms with E-state index in [4.69, 9.17) is 11.3 Å². The number of benzene rings is 1. The van der Waals surface area contributed by atoms with Gasteiger partial charge in [0.05, 0.1) is 7.11 Å². The van der Waals surface area contributed by atoms with Gasteiger partial charge in [0.2, 0.25) is 0 Å². The molecule has 1 aliphatic carbocycles. The van der Waals surface area contributed by atoms with Crippen molar-refractivity contribution in [2.45, 2.75) is 48.8 Å². The molecule has 0 N–H and O–H groups in total. The van der Waals surface area contributed by atoms with Crippen LogP contribution in [0.1, 0.15) is 37.7 Å². The van der Waals surface area contributed by atoms with E-state index >= 15 is 0 Å². The molecule has 2 nitrogen and oxygen atoms in total. The average Bonchev–Trinajstić information content (AvgIpc) is 2.42. The number of hydrogen-bond donors (Lipinski definition) is 0. The summed E-state index contributed by atoms with van der Waals surface area (Å²) in [6.45, 7) is 9.55. The summed E-state index contributed by atoms with van der Waals surface area (Å²) in [4.78, 5) is 4.84. The first-order valence-corrected chi connectivity index (χ1v) is 7.23. The average molecular weight is 261 g/mol. The monoisotopic (exact) mass is 261 g/mol. The van der Waals surface area contributed by atoms with Gasteiger partial charge < -0.3 is 4.74 Å². The molecule has 3 heteroatoms. The molecule has 18 heavy (non-hydrogen) atoms. The first-order valence-electron chi connectivity index (χ1n) is 6.41. The van der Waals surface area contributed by atoms with Crippen LogP contribution in [-0.4, -0.2) is 12.0 Å². The number of nitrogens with zero attached hydrogens (tertiary/aromatic N) is 1. The van der Waals surface area contributed by atoms with Gasteiger partial charge in [-0.15, -0.1) is 0 Å². The zero-order valence-corrected chi connectivity index (χ0v) is 11.8. The van der Waals surface area contributed by atoms with Gasteiger partial charge in [-0.05, 0) is 49.2 Å². The normalized spacial score (nSPS) is 18.1. The minimum atomic E-state index is -0.238. The molecule has 1 aromatic carbocycles. The van der Waals surface area contributed by atoms with Crippen molar-refractivity contribution in [3.05, 3.63) is 35.2 Å². The third kappa shape index (κ3) is 2.81. The topological polar surface area (TPSA) is 13.6 Å². The molecule has 0 spiro atoms. The molecule has 0 atom stereocenters. The van der Waals surface area contributed by atoms with Gasteiger partial charge in [-0.3, -0.25) is 4.85 Å². The molecule has 0 amide bonds. The predicted molar refractivity (Wildman–Crippen MR) is 76.0 cm³/mol. The first kappa shape index (κ1) is 13.3. The van der Waals surface area contributed by atoms with E-state index in [0.29, 0.717) is 0 Å². The van der Waals surface area contributed by atoms with Gasteiger partial charge in [0.1, 0.15) is 5.75 Å². The molecule has 0 radical (unpaired) electrons. The van der Waals surface area contributed by atoms with Crippen LogP contribution in [0.25, 0.3) is 4.85 Å². The van der Waals surface area contributed by atoms with Crippen molar-refractivity contribution in [1.29, 1.82) is 0 Å². The second kappa shape index (κ2) is 5.67. The fraction of sp³-hybridized carbons (Fsp3) is 0.533. The maximum absolute atomic E-state index is 7.51. The predicted octanol–water partition coefficient (Wildman–Crippen LogP) is 4.68. The number of ether oxygens (including phenoxy) is 1. The summed E-state index contributed by atoms with van der Waals surface area (Å²) < 4.78 is 5.35. The van der Waals surface area contributed by atoms with Crippen LogP contribution in [0.2, 0.25) is 0 Å². The van der Waals surface area contributed by atoms with Crippen LogP contribution in [0.4, 0.5) is 0 Å². The molecule has 0 saturated heterocycles. The van der Waals surface area contributed by atoms with E-state index in [1.807, 2.05) is 6.92 Å². The number of hydrogen-bond acceptors (Lipinski definition) is 2. The van der Waals surface area contributed by atoms with Gasteiger partial charge in [0.25, 0.3) is 4.87 Å². The highest BCUT2D eigenvalue weighted by Gasteiger charge is 2.39. The Hall–Kier alpha value is -1.14. The van der Waals surface area contributed by atoms with E-state index in [0.717, 1.165) is 29.1 Å². The van der Waals surface area contributed by atoms with E-state index in [1.165, 1.54) is 19.3 Å². The molecule has 0 bridgehead atoms. The Morgan fingerprint density at radius 2 is 2.00 bits per heavy atom. The molecule has 0 unspecified atom stereocenters. The number of methoxy groups -OCH3 is 1. The number of rotatable bonds is 3. The molecular formula is C15H19NOS. The molecule has 0 aromatic heterocycles. The summed E-state index contributed by atoms with van der Waals surface area (Å²) in [7, 11) is 1.70. The molecule has 0 aliphatic heterocycles. The molecule has 1 saturated carbocycles. The summed E-state index contributed by atoms with van der Waals surface area (Å²) >= 11 is 1.72. The second-order valence-corrected chi connectivity index (χ2v) is 6.29. The van der Waals surface area contributed by atoms with Gasteiger partial charge in [-0.25, -0.2) is 6.57 Å². The van der Waals surface area contributed by atoms with Crippen molar-refractivity contribution in [1.82, 2.24) is 0 Å². The van der Waals surface area contributed by atoms with Crippen LogP contribution in [0.15, 0.2) is 23.1 Å². The Kier molecular flexibility index (Phi) is 4.19. The summed E-state index contributed by atoms with van der Waals surface area (Å²) in [5, 5.41) is 0. The van der Waals surface area contributed by atoms with Crippen LogP contribution < -0.4 is 4.74 Å². The van der Waals surface area contributed by atoms with Gasteiger partial charge >= 0.3 is 0 Å². The molecule has 1 aliphatic rings. The maximum atomic E-state index is 7.51. The van der Waals surface area contributed by atoms with Crippen molar-refractivity contribution in [3.63, 3.8) is 0 Å². The Balaban J connectivity index is 2.19. The zero-order chi connectivity index (χ0) is 13.0. The Labute approximate surface area is 114 Å². The highest BCUT2D eigenvalue weighted by molar-refractivity contribution is 8.00. The highest BCUT2D eigenvalue weighted by atomic mass is 32.2. The minimum absolute atomic E-state index is 0.238. The lowest BCUT2D eigenvalue weighted by Gasteiger charge is -2.25. The molecule has 96 valence electrons. The SMILES string of the molecule is [C-]#[N+]C1(Sc2ccc(C)c(OC)c2)CCCCC1. The lowest BCUT2D eigenvalue weighted by Crippen LogP contribution is -2.23. The molecule has 1 aromatic rings. The van der Waals surface area contributed by atoms with Crippen LogP contribution in [0.3, 0.4) is 0 Å². The van der Waals surface area contributed by atoms with Gasteiger partial charge in [-0.2, -0.15) is 0 Å². The standard InChI is InChI=1S/C15H19NOS/c1-12-7-8-13(11-14(12)17-3)18-15(16-2)9-5-4-6-10-15/h7-8,11H,4-6,9-10H2,1,3H3. The summed E-state index contributed by atoms with van der Waals surface area (Å²) in [5.41, 5.74) is 1.14. The van der Waals surface area contributed by atoms with Crippen molar-refractivity contribution >= 4 is 11.8 Å². The van der Waals surface area contributed by atoms with Gasteiger partial charge in [0, 0.05) is 17.7 Å². The summed E-state index contributed by atoms with van der Waals surface area (Å²) in [5.74, 6) is 0.913. The van der Waals surface area contributed by atoms with E-state index in [1.54, 1.807) is 18.9 Å². The third-order valence-corrected chi connectivity index (χ3v) is 4.90. The lowest BCUT2D eigenvalue weighted by molar-refractivity contribution is 0.410. The second-order valence-electron chi connectivity index (χ2n) is 4.85. The zero-order valence-electron chi connectivity index (χ0n) is 11.0. The maximum Gasteiger partial charge on any atom is 0.282 e. The Morgan fingerprint density at radius 3 is 2.61 bits per heavy atom. The smallest absolute Gasteiger partial charge is 0.282 e. The number of aryl methyl sites for hydroxylation is 1. The minimum Gasteiger partial charge on any atom is -0.496 e. The van der Waals surface area contributed by atoms with Crippen LogP contribution in [0, 0.1) is 13.5 Å². The molecule has 1 fully saturated rings. The quantitative estimate of drug-likeness (QED) is 0.733. The molecule has 0 heterocycles. The Morgan fingerprint density at radius 1 is 1.28 bits per heavy atom. The van der Waals surface area contributed by atoms with Gasteiger partial charge in [0.15, 0.2) is 0 Å². The third-order valence-electron chi connectivity index (χ3n) is 3.53. The fourth-order valence-electron chi connectivity index (χ4n) is 2.42. The van der Waals surface area contributed by atoms with Crippen molar-refractivity contribution in [3.8, 4) is 5.75 Å². The van der Waals surface area contributed by atoms with Crippen LogP contribution in [0.5, 0.6) is 5.75 Å². The van der Waals surface area contributed by atoms with Crippen LogP contribution >= 0.6 is 11.8 Å². The largest absolute Gasteiger partial charge is 0.496 e. The highest BCUT2D eigenvalue weighted by Crippen LogP contribution is 2.45. The van der Waals surface area contributed by atoms with Crippen LogP contribution in [-0.2, 0) is 0 Å². The van der Waals surface area contributed by atoms with E-state index in [2.05, 4.69) is 23.0 Å². The fourth-order valence-corrected chi connectivity index (χ4v) is 3.70. The van der Waals surface area contributed by atoms with E-state index < -0.39 is 0 Å². The van der Waals surface area contributed by atoms with Crippen molar-refractivity contribution < 1.29 is 4.74 Å². The van der Waals surface area contributed by atoms with E-state index in [-0.39, 0.29) is 4.87 Å². The summed E-state index contributed by atoms with van der Waals surface area (Å²) in [6.07, 6.45) is 5.65.